The van der Waals surface area contributed by atoms with Crippen LogP contribution in [0.25, 0.3) is 11.1 Å². The van der Waals surface area contributed by atoms with Gasteiger partial charge in [-0.2, -0.15) is 0 Å². The Morgan fingerprint density at radius 2 is 1.63 bits per heavy atom. The molecular weight excluding hydrogens is 230 g/mol. The Labute approximate surface area is 115 Å². The first-order valence-corrected chi connectivity index (χ1v) is 6.96. The normalized spacial score (nSPS) is 18.4. The predicted octanol–water partition coefficient (Wildman–Crippen LogP) is 3.81. The van der Waals surface area contributed by atoms with E-state index in [4.69, 9.17) is 0 Å². The summed E-state index contributed by atoms with van der Waals surface area (Å²) >= 11 is 0. The van der Waals surface area contributed by atoms with Crippen LogP contribution in [0.2, 0.25) is 0 Å². The quantitative estimate of drug-likeness (QED) is 0.816. The molecule has 0 saturated heterocycles. The van der Waals surface area contributed by atoms with E-state index in [0.717, 1.165) is 19.4 Å². The van der Waals surface area contributed by atoms with Gasteiger partial charge >= 0.3 is 0 Å². The summed E-state index contributed by atoms with van der Waals surface area (Å²) in [6.45, 7) is 1.10. The Morgan fingerprint density at radius 1 is 0.895 bits per heavy atom. The molecular formula is C18H19N. The molecule has 1 nitrogen and oxygen atoms in total. The second-order valence-electron chi connectivity index (χ2n) is 5.04. The Bertz CT molecular complexity index is 540. The van der Waals surface area contributed by atoms with Gasteiger partial charge in [-0.3, -0.25) is 0 Å². The molecule has 2 aromatic rings. The minimum absolute atomic E-state index is 0.497. The van der Waals surface area contributed by atoms with Crippen LogP contribution in [0.1, 0.15) is 12.0 Å². The van der Waals surface area contributed by atoms with Crippen molar-refractivity contribution in [2.75, 3.05) is 6.54 Å². The highest BCUT2D eigenvalue weighted by Crippen LogP contribution is 2.20. The summed E-state index contributed by atoms with van der Waals surface area (Å²) in [7, 11) is 0. The fourth-order valence-corrected chi connectivity index (χ4v) is 2.54. The third-order valence-corrected chi connectivity index (χ3v) is 3.60. The van der Waals surface area contributed by atoms with E-state index in [9.17, 15) is 0 Å². The highest BCUT2D eigenvalue weighted by Gasteiger charge is 2.08. The molecule has 1 atom stereocenters. The molecule has 0 radical (unpaired) electrons. The molecule has 1 N–H and O–H groups in total. The van der Waals surface area contributed by atoms with E-state index in [-0.39, 0.29) is 0 Å². The zero-order valence-corrected chi connectivity index (χ0v) is 11.0. The van der Waals surface area contributed by atoms with E-state index in [0.29, 0.717) is 6.04 Å². The van der Waals surface area contributed by atoms with Gasteiger partial charge in [-0.15, -0.1) is 0 Å². The highest BCUT2D eigenvalue weighted by atomic mass is 14.9. The molecule has 19 heavy (non-hydrogen) atoms. The number of hydrogen-bond donors (Lipinski definition) is 1. The van der Waals surface area contributed by atoms with Gasteiger partial charge in [0.25, 0.3) is 0 Å². The topological polar surface area (TPSA) is 12.0 Å². The SMILES string of the molecule is C1=CC(Cc2ccc(-c3ccccc3)cc2)NCC1. The lowest BCUT2D eigenvalue weighted by molar-refractivity contribution is 0.573. The molecule has 1 aliphatic rings. The van der Waals surface area contributed by atoms with Gasteiger partial charge in [0.2, 0.25) is 0 Å². The molecule has 2 aromatic carbocycles. The second-order valence-corrected chi connectivity index (χ2v) is 5.04. The average molecular weight is 249 g/mol. The summed E-state index contributed by atoms with van der Waals surface area (Å²) < 4.78 is 0. The van der Waals surface area contributed by atoms with Crippen molar-refractivity contribution >= 4 is 0 Å². The van der Waals surface area contributed by atoms with Gasteiger partial charge < -0.3 is 5.32 Å². The third-order valence-electron chi connectivity index (χ3n) is 3.60. The Morgan fingerprint density at radius 3 is 2.32 bits per heavy atom. The predicted molar refractivity (Wildman–Crippen MR) is 81.1 cm³/mol. The molecule has 96 valence electrons. The Hall–Kier alpha value is -1.86. The van der Waals surface area contributed by atoms with Gasteiger partial charge in [-0.1, -0.05) is 66.7 Å². The fourth-order valence-electron chi connectivity index (χ4n) is 2.54. The van der Waals surface area contributed by atoms with Crippen LogP contribution in [0.15, 0.2) is 66.7 Å². The van der Waals surface area contributed by atoms with Crippen LogP contribution in [0.3, 0.4) is 0 Å². The van der Waals surface area contributed by atoms with Crippen molar-refractivity contribution in [3.8, 4) is 11.1 Å². The second kappa shape index (κ2) is 5.85. The van der Waals surface area contributed by atoms with Crippen LogP contribution < -0.4 is 5.32 Å². The lowest BCUT2D eigenvalue weighted by Crippen LogP contribution is -2.32. The lowest BCUT2D eigenvalue weighted by atomic mass is 9.99. The first-order valence-electron chi connectivity index (χ1n) is 6.96. The molecule has 0 saturated carbocycles. The summed E-state index contributed by atoms with van der Waals surface area (Å²) in [4.78, 5) is 0. The van der Waals surface area contributed by atoms with Crippen molar-refractivity contribution in [1.82, 2.24) is 5.32 Å². The average Bonchev–Trinajstić information content (AvgIpc) is 2.50. The van der Waals surface area contributed by atoms with Crippen LogP contribution in [0.5, 0.6) is 0 Å². The molecule has 3 rings (SSSR count). The fraction of sp³-hybridized carbons (Fsp3) is 0.222. The monoisotopic (exact) mass is 249 g/mol. The summed E-state index contributed by atoms with van der Waals surface area (Å²) in [6, 6.07) is 19.9. The van der Waals surface area contributed by atoms with E-state index in [1.165, 1.54) is 16.7 Å². The van der Waals surface area contributed by atoms with Crippen LogP contribution >= 0.6 is 0 Å². The number of hydrogen-bond acceptors (Lipinski definition) is 1. The van der Waals surface area contributed by atoms with Crippen molar-refractivity contribution in [2.45, 2.75) is 18.9 Å². The van der Waals surface area contributed by atoms with Crippen LogP contribution in [0.4, 0.5) is 0 Å². The van der Waals surface area contributed by atoms with E-state index in [2.05, 4.69) is 72.1 Å². The maximum Gasteiger partial charge on any atom is 0.0290 e. The number of benzene rings is 2. The zero-order chi connectivity index (χ0) is 12.9. The van der Waals surface area contributed by atoms with E-state index in [1.54, 1.807) is 0 Å². The molecule has 0 spiro atoms. The van der Waals surface area contributed by atoms with E-state index in [1.807, 2.05) is 0 Å². The largest absolute Gasteiger partial charge is 0.310 e. The summed E-state index contributed by atoms with van der Waals surface area (Å²) in [6.07, 6.45) is 6.79. The minimum Gasteiger partial charge on any atom is -0.310 e. The molecule has 0 amide bonds. The van der Waals surface area contributed by atoms with E-state index < -0.39 is 0 Å². The maximum absolute atomic E-state index is 3.53. The van der Waals surface area contributed by atoms with Gasteiger partial charge in [0.05, 0.1) is 0 Å². The van der Waals surface area contributed by atoms with Gasteiger partial charge in [0, 0.05) is 6.04 Å². The van der Waals surface area contributed by atoms with Gasteiger partial charge in [-0.05, 0) is 36.1 Å². The van der Waals surface area contributed by atoms with Gasteiger partial charge in [0.1, 0.15) is 0 Å². The molecule has 1 heterocycles. The summed E-state index contributed by atoms with van der Waals surface area (Å²) in [5.74, 6) is 0. The molecule has 1 aliphatic heterocycles. The van der Waals surface area contributed by atoms with Crippen molar-refractivity contribution in [3.63, 3.8) is 0 Å². The van der Waals surface area contributed by atoms with Crippen molar-refractivity contribution in [2.24, 2.45) is 0 Å². The number of rotatable bonds is 3. The maximum atomic E-state index is 3.53. The minimum atomic E-state index is 0.497. The van der Waals surface area contributed by atoms with Crippen molar-refractivity contribution < 1.29 is 0 Å². The van der Waals surface area contributed by atoms with Gasteiger partial charge in [-0.25, -0.2) is 0 Å². The first kappa shape index (κ1) is 12.2. The van der Waals surface area contributed by atoms with Crippen LogP contribution in [-0.4, -0.2) is 12.6 Å². The third kappa shape index (κ3) is 3.12. The Balaban J connectivity index is 1.72. The highest BCUT2D eigenvalue weighted by molar-refractivity contribution is 5.63. The summed E-state index contributed by atoms with van der Waals surface area (Å²) in [5, 5.41) is 3.53. The van der Waals surface area contributed by atoms with E-state index >= 15 is 0 Å². The van der Waals surface area contributed by atoms with Crippen LogP contribution in [0, 0.1) is 0 Å². The first-order chi connectivity index (χ1) is 9.42. The van der Waals surface area contributed by atoms with Crippen molar-refractivity contribution in [1.29, 1.82) is 0 Å². The molecule has 0 aromatic heterocycles. The van der Waals surface area contributed by atoms with Gasteiger partial charge in [0.15, 0.2) is 0 Å². The van der Waals surface area contributed by atoms with Crippen molar-refractivity contribution in [3.05, 3.63) is 72.3 Å². The molecule has 0 fully saturated rings. The zero-order valence-electron chi connectivity index (χ0n) is 11.0. The Kier molecular flexibility index (Phi) is 3.75. The molecule has 1 unspecified atom stereocenters. The molecule has 0 aliphatic carbocycles. The smallest absolute Gasteiger partial charge is 0.0290 e. The molecule has 0 bridgehead atoms. The summed E-state index contributed by atoms with van der Waals surface area (Å²) in [5.41, 5.74) is 3.96. The van der Waals surface area contributed by atoms with Crippen LogP contribution in [-0.2, 0) is 6.42 Å². The lowest BCUT2D eigenvalue weighted by Gasteiger charge is -2.18. The standard InChI is InChI=1S/C18H19N/c1-2-6-16(7-3-1)17-11-9-15(10-12-17)14-18-8-4-5-13-19-18/h1-4,6-12,18-19H,5,13-14H2. The molecule has 1 heteroatoms. The number of nitrogens with one attached hydrogen (secondary N) is 1.